The number of carboxylic acid groups (broad SMARTS) is 2. The Balaban J connectivity index is 0.825. The minimum absolute atomic E-state index is 0.0712. The van der Waals surface area contributed by atoms with E-state index in [0.29, 0.717) is 34.6 Å². The maximum absolute atomic E-state index is 14.2. The van der Waals surface area contributed by atoms with Crippen molar-refractivity contribution in [3.05, 3.63) is 144 Å². The zero-order chi connectivity index (χ0) is 42.8. The van der Waals surface area contributed by atoms with Crippen molar-refractivity contribution in [2.45, 2.75) is 61.9 Å². The van der Waals surface area contributed by atoms with Gasteiger partial charge in [0.05, 0.1) is 35.9 Å². The zero-order valence-corrected chi connectivity index (χ0v) is 34.2. The number of carbonyl (C=O) groups excluding carboxylic acids is 2. The highest BCUT2D eigenvalue weighted by Crippen LogP contribution is 2.55. The number of H-pyrrole nitrogens is 2. The Morgan fingerprint density at radius 3 is 1.26 bits per heavy atom. The molecule has 6 aromatic rings. The predicted molar refractivity (Wildman–Crippen MR) is 229 cm³/mol. The summed E-state index contributed by atoms with van der Waals surface area (Å²) in [6.07, 6.45) is 4.63. The van der Waals surface area contributed by atoms with Crippen LogP contribution in [0.2, 0.25) is 0 Å². The molecule has 314 valence electrons. The number of hydrogen-bond donors (Lipinski definition) is 4. The van der Waals surface area contributed by atoms with Gasteiger partial charge in [-0.05, 0) is 70.9 Å². The number of hydrogen-bond acceptors (Lipinski definition) is 6. The first-order valence-electron chi connectivity index (χ1n) is 21.0. The zero-order valence-electron chi connectivity index (χ0n) is 34.2. The summed E-state index contributed by atoms with van der Waals surface area (Å²) < 4.78 is 0. The standard InChI is InChI=1S/C48H46N8O6/c1-53(47(59)60)41(31-9-5-3-6-10-31)45(57)55-37-21-33(37)23-39(55)43-49-25-35(51-43)29-17-13-27(14-18-29)28-15-19-30(20-16-28)36-26-50-44(52-36)40-24-34-22-38(34)56(40)46(58)42(54(2)48(61)62)32-11-7-4-8-12-32/h3-20,25-26,33-34,37-42H,21-24H2,1-2H3,(H,49,51)(H,50,52)(H,59,60)(H,61,62)/t33-,34-,37-,38-,39-,40-,41+,42+/m0/s1. The molecule has 0 radical (unpaired) electrons. The van der Waals surface area contributed by atoms with Gasteiger partial charge in [-0.15, -0.1) is 0 Å². The molecule has 0 spiro atoms. The monoisotopic (exact) mass is 830 g/mol. The third kappa shape index (κ3) is 6.94. The van der Waals surface area contributed by atoms with E-state index in [1.54, 1.807) is 36.7 Å². The van der Waals surface area contributed by atoms with E-state index in [1.165, 1.54) is 14.1 Å². The van der Waals surface area contributed by atoms with Crippen molar-refractivity contribution < 1.29 is 29.4 Å². The van der Waals surface area contributed by atoms with Gasteiger partial charge in [-0.2, -0.15) is 0 Å². The van der Waals surface area contributed by atoms with Gasteiger partial charge in [0.15, 0.2) is 0 Å². The molecule has 8 atom stereocenters. The topological polar surface area (TPSA) is 179 Å². The number of fused-ring (bicyclic) bond motifs is 2. The van der Waals surface area contributed by atoms with Crippen LogP contribution in [-0.4, -0.2) is 99.9 Å². The fourth-order valence-electron chi connectivity index (χ4n) is 9.86. The van der Waals surface area contributed by atoms with Gasteiger partial charge in [-0.25, -0.2) is 19.6 Å². The number of nitrogens with one attached hydrogen (secondary N) is 2. The Hall–Kier alpha value is -7.22. The van der Waals surface area contributed by atoms with Crippen molar-refractivity contribution in [2.24, 2.45) is 11.8 Å². The average molecular weight is 831 g/mol. The number of benzene rings is 4. The molecule has 2 saturated heterocycles. The fraction of sp³-hybridized carbons (Fsp3) is 0.292. The molecule has 2 aliphatic heterocycles. The van der Waals surface area contributed by atoms with Crippen molar-refractivity contribution in [1.82, 2.24) is 39.5 Å². The Morgan fingerprint density at radius 1 is 0.548 bits per heavy atom. The Labute approximate surface area is 357 Å². The molecule has 2 aromatic heterocycles. The largest absolute Gasteiger partial charge is 0.465 e. The van der Waals surface area contributed by atoms with E-state index >= 15 is 0 Å². The van der Waals surface area contributed by atoms with Crippen LogP contribution in [0.3, 0.4) is 0 Å². The first-order chi connectivity index (χ1) is 30.0. The summed E-state index contributed by atoms with van der Waals surface area (Å²) in [5.41, 5.74) is 6.89. The van der Waals surface area contributed by atoms with E-state index < -0.39 is 24.3 Å². The van der Waals surface area contributed by atoms with E-state index in [1.807, 2.05) is 70.5 Å². The summed E-state index contributed by atoms with van der Waals surface area (Å²) in [6.45, 7) is 0. The molecule has 4 amide bonds. The van der Waals surface area contributed by atoms with Gasteiger partial charge in [-0.3, -0.25) is 19.4 Å². The Kier molecular flexibility index (Phi) is 9.65. The number of piperidine rings is 2. The van der Waals surface area contributed by atoms with Crippen molar-refractivity contribution in [1.29, 1.82) is 0 Å². The lowest BCUT2D eigenvalue weighted by molar-refractivity contribution is -0.139. The number of nitrogens with zero attached hydrogens (tertiary/aromatic N) is 6. The molecule has 4 aromatic carbocycles. The van der Waals surface area contributed by atoms with Crippen LogP contribution >= 0.6 is 0 Å². The predicted octanol–water partition coefficient (Wildman–Crippen LogP) is 8.16. The number of rotatable bonds is 11. The van der Waals surface area contributed by atoms with Crippen LogP contribution in [0.25, 0.3) is 33.6 Å². The molecular formula is C48H46N8O6. The summed E-state index contributed by atoms with van der Waals surface area (Å²) >= 11 is 0. The number of aromatic nitrogens is 4. The third-order valence-corrected chi connectivity index (χ3v) is 13.3. The van der Waals surface area contributed by atoms with E-state index in [4.69, 9.17) is 9.97 Å². The fourth-order valence-corrected chi connectivity index (χ4v) is 9.86. The van der Waals surface area contributed by atoms with Crippen molar-refractivity contribution >= 4 is 24.0 Å². The second kappa shape index (κ2) is 15.4. The van der Waals surface area contributed by atoms with Gasteiger partial charge >= 0.3 is 12.2 Å². The van der Waals surface area contributed by atoms with Crippen LogP contribution in [0.1, 0.15) is 72.6 Å². The summed E-state index contributed by atoms with van der Waals surface area (Å²) in [5, 5.41) is 19.8. The van der Waals surface area contributed by atoms with Crippen LogP contribution in [0, 0.1) is 11.8 Å². The van der Waals surface area contributed by atoms with Crippen molar-refractivity contribution in [3.8, 4) is 33.6 Å². The smallest absolute Gasteiger partial charge is 0.407 e. The molecule has 62 heavy (non-hydrogen) atoms. The lowest BCUT2D eigenvalue weighted by atomic mass is 10.0. The summed E-state index contributed by atoms with van der Waals surface area (Å²) in [6, 6.07) is 32.2. The molecule has 0 bridgehead atoms. The van der Waals surface area contributed by atoms with Gasteiger partial charge < -0.3 is 30.0 Å². The Bertz CT molecular complexity index is 2470. The second-order valence-corrected chi connectivity index (χ2v) is 17.1. The van der Waals surface area contributed by atoms with Crippen molar-refractivity contribution in [2.75, 3.05) is 14.1 Å². The van der Waals surface area contributed by atoms with Crippen LogP contribution < -0.4 is 0 Å². The minimum Gasteiger partial charge on any atom is -0.465 e. The lowest BCUT2D eigenvalue weighted by Gasteiger charge is -2.33. The van der Waals surface area contributed by atoms with Gasteiger partial charge in [-0.1, -0.05) is 109 Å². The molecule has 14 heteroatoms. The SMILES string of the molecule is CN(C(=O)O)[C@@H](C(=O)N1[C@H](c2ncc(-c3ccc(-c4ccc(-c5cnc([C@@H]6C[C@@H]7C[C@@H]7N6C(=O)[C@@H](c6ccccc6)N(C)C(=O)O)[nH]5)cc4)cc3)[nH]2)C[C@@H]2C[C@@H]21)c1ccccc1. The molecular weight excluding hydrogens is 785 g/mol. The number of aromatic amines is 2. The van der Waals surface area contributed by atoms with E-state index in [9.17, 15) is 29.4 Å². The van der Waals surface area contributed by atoms with Crippen molar-refractivity contribution in [3.63, 3.8) is 0 Å². The van der Waals surface area contributed by atoms with Gasteiger partial charge in [0, 0.05) is 26.2 Å². The number of likely N-dealkylation sites (N-methyl/N-ethyl adjacent to an activating group) is 2. The third-order valence-electron chi connectivity index (χ3n) is 13.3. The first-order valence-corrected chi connectivity index (χ1v) is 21.0. The van der Waals surface area contributed by atoms with Crippen LogP contribution in [0.5, 0.6) is 0 Å². The van der Waals surface area contributed by atoms with E-state index in [-0.39, 0.29) is 36.0 Å². The lowest BCUT2D eigenvalue weighted by Crippen LogP contribution is -2.44. The first kappa shape index (κ1) is 38.9. The molecule has 2 saturated carbocycles. The minimum atomic E-state index is -1.16. The number of imidazole rings is 2. The summed E-state index contributed by atoms with van der Waals surface area (Å²) in [5.74, 6) is 1.66. The van der Waals surface area contributed by atoms with Crippen LogP contribution in [0.15, 0.2) is 122 Å². The summed E-state index contributed by atoms with van der Waals surface area (Å²) in [4.78, 5) is 74.9. The molecule has 4 heterocycles. The molecule has 4 fully saturated rings. The number of likely N-dealkylation sites (tertiary alicyclic amines) is 2. The highest BCUT2D eigenvalue weighted by molar-refractivity contribution is 5.89. The maximum atomic E-state index is 14.2. The molecule has 0 unspecified atom stereocenters. The number of amides is 4. The molecule has 4 aliphatic rings. The average Bonchev–Trinajstić information content (AvgIpc) is 3.87. The highest BCUT2D eigenvalue weighted by Gasteiger charge is 2.58. The second-order valence-electron chi connectivity index (χ2n) is 17.1. The normalized spacial score (nSPS) is 22.9. The van der Waals surface area contributed by atoms with Crippen LogP contribution in [0.4, 0.5) is 9.59 Å². The molecule has 4 N–H and O–H groups in total. The maximum Gasteiger partial charge on any atom is 0.407 e. The Morgan fingerprint density at radius 2 is 0.903 bits per heavy atom. The highest BCUT2D eigenvalue weighted by atomic mass is 16.4. The quantitative estimate of drug-likeness (QED) is 0.101. The summed E-state index contributed by atoms with van der Waals surface area (Å²) in [7, 11) is 2.89. The van der Waals surface area contributed by atoms with Gasteiger partial charge in [0.25, 0.3) is 11.8 Å². The number of carbonyl (C=O) groups is 4. The van der Waals surface area contributed by atoms with Gasteiger partial charge in [0.2, 0.25) is 0 Å². The van der Waals surface area contributed by atoms with E-state index in [0.717, 1.165) is 69.1 Å². The molecule has 10 rings (SSSR count). The molecule has 2 aliphatic carbocycles. The van der Waals surface area contributed by atoms with E-state index in [2.05, 4.69) is 34.2 Å². The molecule has 14 nitrogen and oxygen atoms in total. The van der Waals surface area contributed by atoms with Gasteiger partial charge in [0.1, 0.15) is 23.7 Å². The van der Waals surface area contributed by atoms with Crippen LogP contribution in [-0.2, 0) is 9.59 Å².